The summed E-state index contributed by atoms with van der Waals surface area (Å²) in [6.07, 6.45) is 3.14. The highest BCUT2D eigenvalue weighted by molar-refractivity contribution is 5.80. The van der Waals surface area contributed by atoms with Gasteiger partial charge in [-0.3, -0.25) is 4.79 Å². The number of rotatable bonds is 7. The summed E-state index contributed by atoms with van der Waals surface area (Å²) in [5.74, 6) is 1.36. The zero-order valence-electron chi connectivity index (χ0n) is 13.9. The van der Waals surface area contributed by atoms with Gasteiger partial charge < -0.3 is 15.0 Å². The molecule has 1 aliphatic rings. The van der Waals surface area contributed by atoms with Gasteiger partial charge in [0.2, 0.25) is 0 Å². The topological polar surface area (TPSA) is 41.6 Å². The average Bonchev–Trinajstić information content (AvgIpc) is 2.41. The molecular weight excluding hydrogens is 252 g/mol. The Morgan fingerprint density at radius 3 is 2.45 bits per heavy atom. The Kier molecular flexibility index (Phi) is 6.96. The first-order valence-corrected chi connectivity index (χ1v) is 7.97. The Morgan fingerprint density at radius 2 is 1.95 bits per heavy atom. The number of esters is 1. The lowest BCUT2D eigenvalue weighted by Crippen LogP contribution is -2.53. The van der Waals surface area contributed by atoms with E-state index in [4.69, 9.17) is 4.74 Å². The molecule has 0 saturated carbocycles. The summed E-state index contributed by atoms with van der Waals surface area (Å²) in [7, 11) is 1.47. The van der Waals surface area contributed by atoms with E-state index in [9.17, 15) is 4.79 Å². The van der Waals surface area contributed by atoms with Gasteiger partial charge in [0, 0.05) is 19.6 Å². The van der Waals surface area contributed by atoms with Crippen LogP contribution in [0.3, 0.4) is 0 Å². The molecule has 1 rings (SSSR count). The molecule has 0 amide bonds. The predicted molar refractivity (Wildman–Crippen MR) is 82.7 cm³/mol. The van der Waals surface area contributed by atoms with Crippen LogP contribution in [0.5, 0.6) is 0 Å². The van der Waals surface area contributed by atoms with E-state index < -0.39 is 5.54 Å². The summed E-state index contributed by atoms with van der Waals surface area (Å²) in [4.78, 5) is 14.5. The second-order valence-electron chi connectivity index (χ2n) is 6.71. The highest BCUT2D eigenvalue weighted by Crippen LogP contribution is 2.22. The number of nitrogens with zero attached hydrogens (tertiary/aromatic N) is 1. The van der Waals surface area contributed by atoms with E-state index in [0.717, 1.165) is 50.9 Å². The van der Waals surface area contributed by atoms with Gasteiger partial charge in [-0.25, -0.2) is 0 Å². The molecule has 0 radical (unpaired) electrons. The van der Waals surface area contributed by atoms with E-state index >= 15 is 0 Å². The molecule has 3 atom stereocenters. The quantitative estimate of drug-likeness (QED) is 0.728. The number of likely N-dealkylation sites (tertiary alicyclic amines) is 1. The molecule has 4 heteroatoms. The highest BCUT2D eigenvalue weighted by Gasteiger charge is 2.34. The monoisotopic (exact) mass is 284 g/mol. The van der Waals surface area contributed by atoms with Gasteiger partial charge in [0.1, 0.15) is 5.54 Å². The fourth-order valence-electron chi connectivity index (χ4n) is 3.25. The number of carbonyl (C=O) groups excluding carboxylic acids is 1. The van der Waals surface area contributed by atoms with Crippen LogP contribution in [0.1, 0.15) is 47.0 Å². The van der Waals surface area contributed by atoms with Crippen molar-refractivity contribution >= 4 is 5.97 Å². The fraction of sp³-hybridized carbons (Fsp3) is 0.938. The number of methoxy groups -OCH3 is 1. The average molecular weight is 284 g/mol. The Labute approximate surface area is 124 Å². The van der Waals surface area contributed by atoms with Crippen molar-refractivity contribution in [2.24, 2.45) is 11.8 Å². The van der Waals surface area contributed by atoms with Crippen LogP contribution < -0.4 is 5.32 Å². The number of hydrogen-bond acceptors (Lipinski definition) is 4. The van der Waals surface area contributed by atoms with Crippen LogP contribution in [-0.2, 0) is 9.53 Å². The van der Waals surface area contributed by atoms with E-state index in [2.05, 4.69) is 31.0 Å². The standard InChI is InChI=1S/C16H32N2O2/c1-6-8-17-16(4,15(19)20-5)7-9-18-11-13(2)10-14(3)12-18/h13-14,17H,6-12H2,1-5H3. The molecule has 0 aromatic rings. The van der Waals surface area contributed by atoms with Crippen molar-refractivity contribution in [3.05, 3.63) is 0 Å². The SMILES string of the molecule is CCCNC(C)(CCN1CC(C)CC(C)C1)C(=O)OC. The molecule has 1 saturated heterocycles. The molecule has 1 heterocycles. The van der Waals surface area contributed by atoms with Crippen molar-refractivity contribution in [2.75, 3.05) is 33.3 Å². The largest absolute Gasteiger partial charge is 0.468 e. The van der Waals surface area contributed by atoms with Gasteiger partial charge in [0.05, 0.1) is 7.11 Å². The predicted octanol–water partition coefficient (Wildman–Crippen LogP) is 2.29. The third-order valence-corrected chi connectivity index (χ3v) is 4.27. The summed E-state index contributed by atoms with van der Waals surface area (Å²) in [5.41, 5.74) is -0.561. The molecule has 4 nitrogen and oxygen atoms in total. The molecule has 0 aliphatic carbocycles. The molecule has 0 spiro atoms. The zero-order valence-corrected chi connectivity index (χ0v) is 13.9. The Morgan fingerprint density at radius 1 is 1.35 bits per heavy atom. The molecule has 1 aliphatic heterocycles. The van der Waals surface area contributed by atoms with E-state index in [1.807, 2.05) is 6.92 Å². The Balaban J connectivity index is 2.55. The second-order valence-corrected chi connectivity index (χ2v) is 6.71. The summed E-state index contributed by atoms with van der Waals surface area (Å²) in [6, 6.07) is 0. The summed E-state index contributed by atoms with van der Waals surface area (Å²) in [6.45, 7) is 12.8. The van der Waals surface area contributed by atoms with Gasteiger partial charge in [-0.2, -0.15) is 0 Å². The van der Waals surface area contributed by atoms with E-state index in [0.29, 0.717) is 0 Å². The Bertz CT molecular complexity index is 299. The van der Waals surface area contributed by atoms with Crippen molar-refractivity contribution in [1.82, 2.24) is 10.2 Å². The van der Waals surface area contributed by atoms with Crippen LogP contribution in [-0.4, -0.2) is 49.7 Å². The van der Waals surface area contributed by atoms with E-state index in [1.165, 1.54) is 13.5 Å². The van der Waals surface area contributed by atoms with Gasteiger partial charge in [0.25, 0.3) is 0 Å². The maximum atomic E-state index is 12.0. The van der Waals surface area contributed by atoms with Crippen molar-refractivity contribution in [3.8, 4) is 0 Å². The van der Waals surface area contributed by atoms with Crippen LogP contribution in [0.4, 0.5) is 0 Å². The summed E-state index contributed by atoms with van der Waals surface area (Å²) < 4.78 is 4.97. The van der Waals surface area contributed by atoms with Gasteiger partial charge in [-0.15, -0.1) is 0 Å². The fourth-order valence-corrected chi connectivity index (χ4v) is 3.25. The number of carbonyl (C=O) groups is 1. The van der Waals surface area contributed by atoms with Crippen molar-refractivity contribution in [1.29, 1.82) is 0 Å². The molecule has 1 fully saturated rings. The lowest BCUT2D eigenvalue weighted by molar-refractivity contribution is -0.148. The van der Waals surface area contributed by atoms with Crippen LogP contribution in [0, 0.1) is 11.8 Å². The molecular formula is C16H32N2O2. The number of piperidine rings is 1. The molecule has 0 aromatic heterocycles. The molecule has 20 heavy (non-hydrogen) atoms. The third kappa shape index (κ3) is 5.06. The molecule has 3 unspecified atom stereocenters. The minimum atomic E-state index is -0.561. The van der Waals surface area contributed by atoms with Crippen molar-refractivity contribution < 1.29 is 9.53 Å². The van der Waals surface area contributed by atoms with E-state index in [1.54, 1.807) is 0 Å². The lowest BCUT2D eigenvalue weighted by atomic mass is 9.90. The molecule has 118 valence electrons. The maximum absolute atomic E-state index is 12.0. The first kappa shape index (κ1) is 17.4. The first-order chi connectivity index (χ1) is 9.41. The second kappa shape index (κ2) is 7.99. The van der Waals surface area contributed by atoms with Crippen LogP contribution >= 0.6 is 0 Å². The number of ether oxygens (including phenoxy) is 1. The van der Waals surface area contributed by atoms with Crippen LogP contribution in [0.25, 0.3) is 0 Å². The normalized spacial score (nSPS) is 27.1. The minimum Gasteiger partial charge on any atom is -0.468 e. The lowest BCUT2D eigenvalue weighted by Gasteiger charge is -2.37. The highest BCUT2D eigenvalue weighted by atomic mass is 16.5. The molecule has 1 N–H and O–H groups in total. The van der Waals surface area contributed by atoms with Crippen molar-refractivity contribution in [3.63, 3.8) is 0 Å². The van der Waals surface area contributed by atoms with Gasteiger partial charge in [-0.05, 0) is 44.6 Å². The van der Waals surface area contributed by atoms with Crippen LogP contribution in [0.15, 0.2) is 0 Å². The van der Waals surface area contributed by atoms with E-state index in [-0.39, 0.29) is 5.97 Å². The molecule has 0 bridgehead atoms. The van der Waals surface area contributed by atoms with Gasteiger partial charge in [-0.1, -0.05) is 20.8 Å². The van der Waals surface area contributed by atoms with Crippen LogP contribution in [0.2, 0.25) is 0 Å². The number of nitrogens with one attached hydrogen (secondary N) is 1. The first-order valence-electron chi connectivity index (χ1n) is 7.97. The Hall–Kier alpha value is -0.610. The maximum Gasteiger partial charge on any atom is 0.325 e. The number of hydrogen-bond donors (Lipinski definition) is 1. The summed E-state index contributed by atoms with van der Waals surface area (Å²) >= 11 is 0. The van der Waals surface area contributed by atoms with Gasteiger partial charge >= 0.3 is 5.97 Å². The van der Waals surface area contributed by atoms with Crippen molar-refractivity contribution in [2.45, 2.75) is 52.5 Å². The third-order valence-electron chi connectivity index (χ3n) is 4.27. The minimum absolute atomic E-state index is 0.149. The van der Waals surface area contributed by atoms with Gasteiger partial charge in [0.15, 0.2) is 0 Å². The molecule has 0 aromatic carbocycles. The smallest absolute Gasteiger partial charge is 0.325 e. The summed E-state index contributed by atoms with van der Waals surface area (Å²) in [5, 5.41) is 3.36. The zero-order chi connectivity index (χ0) is 15.2.